The Balaban J connectivity index is 1.75. The van der Waals surface area contributed by atoms with Gasteiger partial charge in [-0.2, -0.15) is 4.98 Å². The van der Waals surface area contributed by atoms with E-state index in [0.29, 0.717) is 11.9 Å². The molecule has 6 heteroatoms. The van der Waals surface area contributed by atoms with Gasteiger partial charge in [0.05, 0.1) is 9.83 Å². The molecule has 1 unspecified atom stereocenters. The van der Waals surface area contributed by atoms with Gasteiger partial charge in [-0.05, 0) is 47.4 Å². The number of likely N-dealkylation sites (tertiary alicyclic amines) is 1. The summed E-state index contributed by atoms with van der Waals surface area (Å²) in [6.45, 7) is 3.91. The van der Waals surface area contributed by atoms with Gasteiger partial charge in [0.15, 0.2) is 5.82 Å². The molecule has 2 aromatic heterocycles. The third-order valence-corrected chi connectivity index (χ3v) is 4.80. The molecular weight excluding hydrogens is 314 g/mol. The molecule has 96 valence electrons. The molecule has 3 rings (SSSR count). The average molecular weight is 328 g/mol. The van der Waals surface area contributed by atoms with Crippen molar-refractivity contribution in [3.05, 3.63) is 32.5 Å². The van der Waals surface area contributed by atoms with Gasteiger partial charge in [-0.25, -0.2) is 0 Å². The van der Waals surface area contributed by atoms with Crippen LogP contribution in [-0.2, 0) is 6.54 Å². The summed E-state index contributed by atoms with van der Waals surface area (Å²) in [7, 11) is 0. The maximum absolute atomic E-state index is 5.09. The normalized spacial score (nSPS) is 20.7. The number of aromatic nitrogens is 2. The number of thiophene rings is 1. The van der Waals surface area contributed by atoms with Crippen molar-refractivity contribution in [3.63, 3.8) is 0 Å². The molecular formula is C12H14BrN3OS. The molecule has 0 aliphatic carbocycles. The lowest BCUT2D eigenvalue weighted by Gasteiger charge is -2.20. The van der Waals surface area contributed by atoms with Crippen molar-refractivity contribution in [2.45, 2.75) is 32.4 Å². The topological polar surface area (TPSA) is 42.2 Å². The zero-order valence-corrected chi connectivity index (χ0v) is 12.5. The first-order valence-corrected chi connectivity index (χ1v) is 7.62. The van der Waals surface area contributed by atoms with E-state index in [-0.39, 0.29) is 0 Å². The molecule has 4 nitrogen and oxygen atoms in total. The zero-order chi connectivity index (χ0) is 12.5. The molecule has 18 heavy (non-hydrogen) atoms. The first-order chi connectivity index (χ1) is 8.72. The van der Waals surface area contributed by atoms with Crippen LogP contribution in [0.5, 0.6) is 0 Å². The van der Waals surface area contributed by atoms with Gasteiger partial charge in [0.1, 0.15) is 0 Å². The first kappa shape index (κ1) is 12.3. The van der Waals surface area contributed by atoms with E-state index in [1.54, 1.807) is 11.3 Å². The monoisotopic (exact) mass is 327 g/mol. The van der Waals surface area contributed by atoms with Crippen LogP contribution >= 0.6 is 27.3 Å². The van der Waals surface area contributed by atoms with Crippen LogP contribution in [0.15, 0.2) is 20.4 Å². The van der Waals surface area contributed by atoms with Crippen LogP contribution in [-0.4, -0.2) is 21.6 Å². The molecule has 1 fully saturated rings. The van der Waals surface area contributed by atoms with Crippen LogP contribution in [0.4, 0.5) is 0 Å². The molecule has 1 aliphatic heterocycles. The van der Waals surface area contributed by atoms with E-state index < -0.39 is 0 Å². The van der Waals surface area contributed by atoms with Gasteiger partial charge in [0, 0.05) is 18.3 Å². The molecule has 0 bridgehead atoms. The molecule has 0 amide bonds. The average Bonchev–Trinajstić information content (AvgIpc) is 3.01. The number of hydrogen-bond donors (Lipinski definition) is 0. The van der Waals surface area contributed by atoms with Gasteiger partial charge < -0.3 is 4.52 Å². The van der Waals surface area contributed by atoms with Crippen molar-refractivity contribution in [3.8, 4) is 0 Å². The second-order valence-electron chi connectivity index (χ2n) is 4.51. The van der Waals surface area contributed by atoms with Crippen molar-refractivity contribution < 1.29 is 4.52 Å². The molecule has 0 radical (unpaired) electrons. The molecule has 2 aromatic rings. The van der Waals surface area contributed by atoms with Crippen molar-refractivity contribution in [2.75, 3.05) is 6.54 Å². The van der Waals surface area contributed by atoms with Gasteiger partial charge in [-0.15, -0.1) is 11.3 Å². The van der Waals surface area contributed by atoms with Gasteiger partial charge in [0.25, 0.3) is 0 Å². The van der Waals surface area contributed by atoms with E-state index in [4.69, 9.17) is 4.52 Å². The third kappa shape index (κ3) is 2.50. The summed E-state index contributed by atoms with van der Waals surface area (Å²) in [6, 6.07) is 4.58. The Morgan fingerprint density at radius 3 is 3.11 bits per heavy atom. The maximum Gasteiger partial charge on any atom is 0.223 e. The van der Waals surface area contributed by atoms with Crippen LogP contribution in [0, 0.1) is 6.92 Å². The fourth-order valence-electron chi connectivity index (χ4n) is 2.39. The summed E-state index contributed by atoms with van der Waals surface area (Å²) >= 11 is 5.29. The minimum Gasteiger partial charge on any atom is -0.340 e. The standard InChI is InChI=1S/C12H14BrN3OS/c1-8-14-12(15-17-8)10-3-2-6-16(10)7-9-4-5-11(13)18-9/h4-5,10H,2-3,6-7H2,1H3. The summed E-state index contributed by atoms with van der Waals surface area (Å²) < 4.78 is 6.27. The van der Waals surface area contributed by atoms with Gasteiger partial charge in [-0.1, -0.05) is 5.16 Å². The second kappa shape index (κ2) is 5.11. The molecule has 0 spiro atoms. The lowest BCUT2D eigenvalue weighted by atomic mass is 10.2. The second-order valence-corrected chi connectivity index (χ2v) is 7.05. The van der Waals surface area contributed by atoms with Crippen LogP contribution in [0.25, 0.3) is 0 Å². The number of aryl methyl sites for hydroxylation is 1. The Labute approximate surface area is 118 Å². The number of nitrogens with zero attached hydrogens (tertiary/aromatic N) is 3. The first-order valence-electron chi connectivity index (χ1n) is 6.01. The predicted molar refractivity (Wildman–Crippen MR) is 73.4 cm³/mol. The van der Waals surface area contributed by atoms with Crippen LogP contribution < -0.4 is 0 Å². The minimum atomic E-state index is 0.309. The Hall–Kier alpha value is -0.720. The molecule has 3 heterocycles. The zero-order valence-electron chi connectivity index (χ0n) is 10.1. The van der Waals surface area contributed by atoms with E-state index in [1.165, 1.54) is 15.1 Å². The highest BCUT2D eigenvalue weighted by atomic mass is 79.9. The summed E-state index contributed by atoms with van der Waals surface area (Å²) in [5.74, 6) is 1.48. The van der Waals surface area contributed by atoms with Crippen LogP contribution in [0.1, 0.15) is 35.5 Å². The molecule has 1 atom stereocenters. The maximum atomic E-state index is 5.09. The predicted octanol–water partition coefficient (Wildman–Crippen LogP) is 3.54. The van der Waals surface area contributed by atoms with Crippen LogP contribution in [0.3, 0.4) is 0 Å². The largest absolute Gasteiger partial charge is 0.340 e. The lowest BCUT2D eigenvalue weighted by Crippen LogP contribution is -2.23. The number of rotatable bonds is 3. The molecule has 0 aromatic carbocycles. The molecule has 1 saturated heterocycles. The van der Waals surface area contributed by atoms with Gasteiger partial charge in [0.2, 0.25) is 5.89 Å². The smallest absolute Gasteiger partial charge is 0.223 e. The SMILES string of the molecule is Cc1nc(C2CCCN2Cc2ccc(Br)s2)no1. The van der Waals surface area contributed by atoms with Gasteiger partial charge >= 0.3 is 0 Å². The molecule has 0 saturated carbocycles. The summed E-state index contributed by atoms with van der Waals surface area (Å²) in [5, 5.41) is 4.06. The number of hydrogen-bond acceptors (Lipinski definition) is 5. The van der Waals surface area contributed by atoms with Crippen molar-refractivity contribution >= 4 is 27.3 Å². The minimum absolute atomic E-state index is 0.309. The quantitative estimate of drug-likeness (QED) is 0.864. The van der Waals surface area contributed by atoms with E-state index in [1.807, 2.05) is 6.92 Å². The van der Waals surface area contributed by atoms with E-state index in [2.05, 4.69) is 43.1 Å². The van der Waals surface area contributed by atoms with E-state index >= 15 is 0 Å². The summed E-state index contributed by atoms with van der Waals surface area (Å²) in [4.78, 5) is 8.17. The van der Waals surface area contributed by atoms with Crippen molar-refractivity contribution in [1.29, 1.82) is 0 Å². The van der Waals surface area contributed by atoms with Crippen LogP contribution in [0.2, 0.25) is 0 Å². The highest BCUT2D eigenvalue weighted by Crippen LogP contribution is 2.33. The Morgan fingerprint density at radius 2 is 2.44 bits per heavy atom. The Bertz CT molecular complexity index is 539. The Kier molecular flexibility index (Phi) is 3.50. The summed E-state index contributed by atoms with van der Waals surface area (Å²) in [6.07, 6.45) is 2.32. The van der Waals surface area contributed by atoms with E-state index in [9.17, 15) is 0 Å². The summed E-state index contributed by atoms with van der Waals surface area (Å²) in [5.41, 5.74) is 0. The van der Waals surface area contributed by atoms with Crippen molar-refractivity contribution in [2.24, 2.45) is 0 Å². The van der Waals surface area contributed by atoms with Crippen molar-refractivity contribution in [1.82, 2.24) is 15.0 Å². The van der Waals surface area contributed by atoms with Gasteiger partial charge in [-0.3, -0.25) is 4.90 Å². The molecule has 0 N–H and O–H groups in total. The number of halogens is 1. The highest BCUT2D eigenvalue weighted by molar-refractivity contribution is 9.11. The fraction of sp³-hybridized carbons (Fsp3) is 0.500. The third-order valence-electron chi connectivity index (χ3n) is 3.19. The van der Waals surface area contributed by atoms with E-state index in [0.717, 1.165) is 25.3 Å². The fourth-order valence-corrected chi connectivity index (χ4v) is 3.90. The highest BCUT2D eigenvalue weighted by Gasteiger charge is 2.29. The molecule has 1 aliphatic rings. The Morgan fingerprint density at radius 1 is 1.56 bits per heavy atom. The lowest BCUT2D eigenvalue weighted by molar-refractivity contribution is 0.236.